The summed E-state index contributed by atoms with van der Waals surface area (Å²) in [6.45, 7) is 7.42. The maximum absolute atomic E-state index is 14.2. The third kappa shape index (κ3) is 11.5. The number of carboxylic acid groups (broad SMARTS) is 6. The molecule has 3 unspecified atom stereocenters. The average Bonchev–Trinajstić information content (AvgIpc) is 3.52. The summed E-state index contributed by atoms with van der Waals surface area (Å²) in [6.07, 6.45) is -27.1. The third-order valence-electron chi connectivity index (χ3n) is 15.7. The lowest BCUT2D eigenvalue weighted by atomic mass is 9.40. The number of esters is 1. The van der Waals surface area contributed by atoms with Gasteiger partial charge in [0.1, 0.15) is 25.4 Å². The number of ether oxygens (including phenoxy) is 11. The molecule has 7 rings (SSSR count). The molecule has 2 saturated heterocycles. The standard InChI is InChI=1S/C46H57N3O26/c1-20-16-45-12-6-25-43(3,10-5-11-44(25,4)36(52)49-48-33(51)22-8-14-47-15-9-22)26(45)7-13-46(20,19-45)75-35-32(30(73-41(61)62)28(71-39(57)58)24(68-35)18-66-37(53)54)69-34-31(74-42(63)64)29(72-40(59)60)27(70-38(55)56)23(67-34)17-65-21(2)50/h8-9,14-15,23-32,34-35H,1,5-7,10-13,16-19H2,2-4H3,(H,48,51)(H,49,52)(H,53,54)(H,55,56)(H,57,58)(H,59,60)(H,61,62)(H,63,64)/t23-,24-,25?,26?,27-,28-,29+,30+,31-,32-,34?,35+,43-,44-,45-,46+/m1/s1. The Kier molecular flexibility index (Phi) is 16.2. The van der Waals surface area contributed by atoms with Crippen LogP contribution in [-0.4, -0.2) is 171 Å². The van der Waals surface area contributed by atoms with Crippen molar-refractivity contribution in [2.24, 2.45) is 28.1 Å². The van der Waals surface area contributed by atoms with Crippen molar-refractivity contribution in [1.82, 2.24) is 15.8 Å². The Morgan fingerprint density at radius 3 is 1.76 bits per heavy atom. The van der Waals surface area contributed by atoms with Gasteiger partial charge in [-0.25, -0.2) is 28.8 Å². The van der Waals surface area contributed by atoms with Crippen LogP contribution in [0.15, 0.2) is 36.7 Å². The smallest absolute Gasteiger partial charge is 0.463 e. The summed E-state index contributed by atoms with van der Waals surface area (Å²) in [5, 5.41) is 58.8. The van der Waals surface area contributed by atoms with Gasteiger partial charge < -0.3 is 82.7 Å². The molecule has 0 radical (unpaired) electrons. The Bertz CT molecular complexity index is 2410. The molecule has 6 aliphatic rings. The first-order chi connectivity index (χ1) is 35.3. The Morgan fingerprint density at radius 2 is 1.19 bits per heavy atom. The van der Waals surface area contributed by atoms with Crippen LogP contribution in [-0.2, 0) is 61.7 Å². The molecule has 2 aliphatic heterocycles. The highest BCUT2D eigenvalue weighted by atomic mass is 16.8. The van der Waals surface area contributed by atoms with Gasteiger partial charge in [0.25, 0.3) is 5.91 Å². The number of nitrogens with one attached hydrogen (secondary N) is 2. The lowest BCUT2D eigenvalue weighted by Crippen LogP contribution is -2.68. The van der Waals surface area contributed by atoms with Gasteiger partial charge in [0, 0.05) is 24.9 Å². The van der Waals surface area contributed by atoms with Crippen LogP contribution in [0, 0.1) is 28.1 Å². The second kappa shape index (κ2) is 21.9. The summed E-state index contributed by atoms with van der Waals surface area (Å²) in [5.74, 6) is -2.08. The number of carbonyl (C=O) groups is 9. The molecule has 412 valence electrons. The molecule has 29 heteroatoms. The quantitative estimate of drug-likeness (QED) is 0.0397. The normalized spacial score (nSPS) is 36.6. The van der Waals surface area contributed by atoms with Gasteiger partial charge in [-0.2, -0.15) is 0 Å². The van der Waals surface area contributed by atoms with Crippen molar-refractivity contribution in [2.45, 2.75) is 146 Å². The Morgan fingerprint density at radius 1 is 0.653 bits per heavy atom. The zero-order valence-corrected chi connectivity index (χ0v) is 40.5. The third-order valence-corrected chi connectivity index (χ3v) is 15.7. The summed E-state index contributed by atoms with van der Waals surface area (Å²) in [5.41, 5.74) is 2.66. The molecule has 4 saturated carbocycles. The van der Waals surface area contributed by atoms with Gasteiger partial charge in [-0.1, -0.05) is 26.8 Å². The second-order valence-electron chi connectivity index (χ2n) is 19.8. The highest BCUT2D eigenvalue weighted by Gasteiger charge is 2.69. The second-order valence-corrected chi connectivity index (χ2v) is 19.8. The highest BCUT2D eigenvalue weighted by Crippen LogP contribution is 2.73. The van der Waals surface area contributed by atoms with Crippen LogP contribution in [0.2, 0.25) is 0 Å². The van der Waals surface area contributed by atoms with Crippen LogP contribution < -0.4 is 10.9 Å². The molecule has 0 aromatic carbocycles. The molecular formula is C46H57N3O26. The van der Waals surface area contributed by atoms with E-state index in [1.807, 2.05) is 6.92 Å². The minimum atomic E-state index is -2.41. The molecule has 1 aromatic rings. The number of pyridine rings is 1. The van der Waals surface area contributed by atoms with E-state index in [-0.39, 0.29) is 30.6 Å². The number of hydrogen-bond donors (Lipinski definition) is 8. The highest BCUT2D eigenvalue weighted by molar-refractivity contribution is 5.95. The average molecular weight is 1070 g/mol. The van der Waals surface area contributed by atoms with Crippen LogP contribution in [0.1, 0.15) is 88.9 Å². The van der Waals surface area contributed by atoms with Crippen molar-refractivity contribution < 1.29 is 126 Å². The molecule has 2 bridgehead atoms. The number of carbonyl (C=O) groups excluding carboxylic acids is 3. The van der Waals surface area contributed by atoms with Gasteiger partial charge in [-0.3, -0.25) is 30.2 Å². The summed E-state index contributed by atoms with van der Waals surface area (Å²) in [6, 6.07) is 3.01. The Balaban J connectivity index is 1.24. The molecule has 1 aromatic heterocycles. The molecule has 16 atom stereocenters. The van der Waals surface area contributed by atoms with E-state index in [4.69, 9.17) is 52.1 Å². The van der Waals surface area contributed by atoms with Crippen LogP contribution in [0.5, 0.6) is 0 Å². The number of nitrogens with zero attached hydrogens (tertiary/aromatic N) is 1. The van der Waals surface area contributed by atoms with Gasteiger partial charge in [-0.05, 0) is 91.7 Å². The van der Waals surface area contributed by atoms with E-state index in [0.717, 1.165) is 13.3 Å². The summed E-state index contributed by atoms with van der Waals surface area (Å²) >= 11 is 0. The SMILES string of the molecule is C=C1C[C@@]23CCC4[C@@](C)(CCC[C@@]4(C)C(=O)NNC(=O)c4ccncc4)C2CC[C@]1(O[C@@H]1O[C@H](COC(=O)O)[C@@H](OC(=O)O)[C@H](OC(=O)O)[C@H]1OC1O[C@H](COC(C)=O)[C@@H](OC(=O)O)[C@H](OC(=O)O)[C@H]1OC(=O)O)C3. The molecule has 75 heavy (non-hydrogen) atoms. The molecule has 4 aliphatic carbocycles. The number of hydrogen-bond acceptors (Lipinski definition) is 21. The molecule has 8 N–H and O–H groups in total. The van der Waals surface area contributed by atoms with Gasteiger partial charge >= 0.3 is 42.9 Å². The van der Waals surface area contributed by atoms with E-state index >= 15 is 0 Å². The molecule has 3 heterocycles. The van der Waals surface area contributed by atoms with E-state index in [2.05, 4.69) is 29.3 Å². The first-order valence-corrected chi connectivity index (χ1v) is 23.6. The maximum Gasteiger partial charge on any atom is 0.506 e. The van der Waals surface area contributed by atoms with Crippen LogP contribution in [0.4, 0.5) is 28.8 Å². The van der Waals surface area contributed by atoms with Crippen molar-refractivity contribution in [3.05, 3.63) is 42.2 Å². The maximum atomic E-state index is 14.2. The van der Waals surface area contributed by atoms with Crippen molar-refractivity contribution in [3.8, 4) is 0 Å². The predicted octanol–water partition coefficient (Wildman–Crippen LogP) is 4.36. The van der Waals surface area contributed by atoms with Crippen LogP contribution >= 0.6 is 0 Å². The summed E-state index contributed by atoms with van der Waals surface area (Å²) < 4.78 is 60.0. The van der Waals surface area contributed by atoms with E-state index in [1.165, 1.54) is 24.5 Å². The first-order valence-electron chi connectivity index (χ1n) is 23.6. The molecule has 6 fully saturated rings. The Labute approximate surface area is 424 Å². The largest absolute Gasteiger partial charge is 0.506 e. The lowest BCUT2D eigenvalue weighted by molar-refractivity contribution is -0.377. The number of amides is 2. The molecule has 29 nitrogen and oxygen atoms in total. The number of fused-ring (bicyclic) bond motifs is 3. The lowest BCUT2D eigenvalue weighted by Gasteiger charge is -2.64. The predicted molar refractivity (Wildman–Crippen MR) is 237 cm³/mol. The van der Waals surface area contributed by atoms with E-state index in [1.54, 1.807) is 0 Å². The number of rotatable bonds is 15. The molecule has 1 spiro atoms. The molecule has 2 amide bonds. The van der Waals surface area contributed by atoms with Gasteiger partial charge in [-0.15, -0.1) is 0 Å². The summed E-state index contributed by atoms with van der Waals surface area (Å²) in [7, 11) is 0. The fourth-order valence-corrected chi connectivity index (χ4v) is 13.0. The van der Waals surface area contributed by atoms with Crippen LogP contribution in [0.3, 0.4) is 0 Å². The monoisotopic (exact) mass is 1070 g/mol. The van der Waals surface area contributed by atoms with E-state index < -0.39 is 145 Å². The van der Waals surface area contributed by atoms with Crippen molar-refractivity contribution in [2.75, 3.05) is 13.2 Å². The minimum Gasteiger partial charge on any atom is -0.463 e. The van der Waals surface area contributed by atoms with Gasteiger partial charge in [0.05, 0.1) is 11.0 Å². The van der Waals surface area contributed by atoms with E-state index in [9.17, 15) is 73.8 Å². The van der Waals surface area contributed by atoms with Crippen molar-refractivity contribution in [1.29, 1.82) is 0 Å². The number of aromatic nitrogens is 1. The number of hydrazine groups is 1. The summed E-state index contributed by atoms with van der Waals surface area (Å²) in [4.78, 5) is 116. The zero-order valence-electron chi connectivity index (χ0n) is 40.5. The topological polar surface area (TPSA) is 413 Å². The van der Waals surface area contributed by atoms with Crippen molar-refractivity contribution in [3.63, 3.8) is 0 Å². The zero-order chi connectivity index (χ0) is 54.8. The molecular weight excluding hydrogens is 1010 g/mol. The van der Waals surface area contributed by atoms with Crippen molar-refractivity contribution >= 4 is 54.7 Å². The minimum absolute atomic E-state index is 0.0584. The van der Waals surface area contributed by atoms with Gasteiger partial charge in [0.2, 0.25) is 5.91 Å². The van der Waals surface area contributed by atoms with Gasteiger partial charge in [0.15, 0.2) is 49.2 Å². The van der Waals surface area contributed by atoms with E-state index in [0.29, 0.717) is 49.7 Å². The Hall–Kier alpha value is -7.24. The van der Waals surface area contributed by atoms with Crippen LogP contribution in [0.25, 0.3) is 0 Å². The fourth-order valence-electron chi connectivity index (χ4n) is 13.0. The fraction of sp³-hybridized carbons (Fsp3) is 0.652. The first kappa shape index (κ1) is 55.5.